The smallest absolute Gasteiger partial charge is 0.277 e. The fourth-order valence-electron chi connectivity index (χ4n) is 2.05. The van der Waals surface area contributed by atoms with Gasteiger partial charge in [-0.2, -0.15) is 0 Å². The molecule has 0 aliphatic heterocycles. The zero-order valence-electron chi connectivity index (χ0n) is 13.4. The number of hydrogen-bond donors (Lipinski definition) is 1. The number of nitro benzene ring substituents is 1. The summed E-state index contributed by atoms with van der Waals surface area (Å²) >= 11 is 12.9. The van der Waals surface area contributed by atoms with Crippen LogP contribution in [0.4, 0.5) is 11.4 Å². The van der Waals surface area contributed by atoms with E-state index in [1.165, 1.54) is 18.2 Å². The van der Waals surface area contributed by atoms with Crippen LogP contribution in [0, 0.1) is 10.1 Å². The monoisotopic (exact) mass is 424 g/mol. The SMILES string of the molecule is O=C(CSc1nnc(-c2cccc([N+](=O)[O-])c2)o1)Nc1cccc(Cl)c1Cl. The van der Waals surface area contributed by atoms with Gasteiger partial charge in [-0.15, -0.1) is 10.2 Å². The van der Waals surface area contributed by atoms with Crippen molar-refractivity contribution < 1.29 is 14.1 Å². The number of halogens is 2. The van der Waals surface area contributed by atoms with E-state index in [0.717, 1.165) is 11.8 Å². The third-order valence-electron chi connectivity index (χ3n) is 3.26. The van der Waals surface area contributed by atoms with Gasteiger partial charge < -0.3 is 9.73 Å². The maximum atomic E-state index is 12.0. The maximum Gasteiger partial charge on any atom is 0.277 e. The van der Waals surface area contributed by atoms with E-state index in [-0.39, 0.29) is 33.5 Å². The van der Waals surface area contributed by atoms with Crippen LogP contribution in [0.25, 0.3) is 11.5 Å². The third-order valence-corrected chi connectivity index (χ3v) is 4.90. The predicted octanol–water partition coefficient (Wildman–Crippen LogP) is 4.68. The summed E-state index contributed by atoms with van der Waals surface area (Å²) in [5, 5.41) is 21.9. The van der Waals surface area contributed by atoms with E-state index >= 15 is 0 Å². The van der Waals surface area contributed by atoms with Crippen LogP contribution in [0.3, 0.4) is 0 Å². The average molecular weight is 425 g/mol. The lowest BCUT2D eigenvalue weighted by molar-refractivity contribution is -0.384. The van der Waals surface area contributed by atoms with Crippen molar-refractivity contribution in [2.75, 3.05) is 11.1 Å². The van der Waals surface area contributed by atoms with E-state index in [4.69, 9.17) is 27.6 Å². The van der Waals surface area contributed by atoms with Crippen molar-refractivity contribution in [2.45, 2.75) is 5.22 Å². The fraction of sp³-hybridized carbons (Fsp3) is 0.0625. The van der Waals surface area contributed by atoms with Crippen LogP contribution in [-0.2, 0) is 4.79 Å². The van der Waals surface area contributed by atoms with E-state index in [9.17, 15) is 14.9 Å². The molecule has 0 unspecified atom stereocenters. The molecule has 0 saturated heterocycles. The zero-order valence-corrected chi connectivity index (χ0v) is 15.7. The van der Waals surface area contributed by atoms with Crippen LogP contribution in [0.5, 0.6) is 0 Å². The third kappa shape index (κ3) is 4.76. The molecular formula is C16H10Cl2N4O4S. The minimum atomic E-state index is -0.513. The highest BCUT2D eigenvalue weighted by atomic mass is 35.5. The van der Waals surface area contributed by atoms with Gasteiger partial charge in [0.25, 0.3) is 10.9 Å². The summed E-state index contributed by atoms with van der Waals surface area (Å²) in [7, 11) is 0. The lowest BCUT2D eigenvalue weighted by Gasteiger charge is -2.07. The molecule has 0 bridgehead atoms. The number of nitrogens with one attached hydrogen (secondary N) is 1. The van der Waals surface area contributed by atoms with E-state index in [1.807, 2.05) is 0 Å². The van der Waals surface area contributed by atoms with Crippen LogP contribution >= 0.6 is 35.0 Å². The number of anilines is 1. The molecule has 11 heteroatoms. The zero-order chi connectivity index (χ0) is 19.4. The summed E-state index contributed by atoms with van der Waals surface area (Å²) in [6.07, 6.45) is 0. The van der Waals surface area contributed by atoms with Crippen molar-refractivity contribution in [3.05, 3.63) is 62.6 Å². The molecule has 0 aliphatic rings. The first-order valence-electron chi connectivity index (χ1n) is 7.39. The molecule has 8 nitrogen and oxygen atoms in total. The number of nitrogens with zero attached hydrogens (tertiary/aromatic N) is 3. The second-order valence-electron chi connectivity index (χ2n) is 5.12. The summed E-state index contributed by atoms with van der Waals surface area (Å²) in [6.45, 7) is 0. The first kappa shape index (κ1) is 19.2. The first-order chi connectivity index (χ1) is 12.9. The fourth-order valence-corrected chi connectivity index (χ4v) is 2.96. The molecule has 27 heavy (non-hydrogen) atoms. The summed E-state index contributed by atoms with van der Waals surface area (Å²) in [6, 6.07) is 10.7. The molecule has 0 radical (unpaired) electrons. The number of aromatic nitrogens is 2. The number of carbonyl (C=O) groups excluding carboxylic acids is 1. The highest BCUT2D eigenvalue weighted by molar-refractivity contribution is 7.99. The van der Waals surface area contributed by atoms with Gasteiger partial charge in [0.05, 0.1) is 26.4 Å². The molecule has 1 N–H and O–H groups in total. The summed E-state index contributed by atoms with van der Waals surface area (Å²) in [4.78, 5) is 22.4. The standard InChI is InChI=1S/C16H10Cl2N4O4S/c17-11-5-2-6-12(14(11)18)19-13(23)8-27-16-21-20-15(26-16)9-3-1-4-10(7-9)22(24)25/h1-7H,8H2,(H,19,23). The average Bonchev–Trinajstić information content (AvgIpc) is 3.13. The van der Waals surface area contributed by atoms with Crippen LogP contribution in [0.1, 0.15) is 0 Å². The number of nitro groups is 1. The Labute approximate surface area is 167 Å². The van der Waals surface area contributed by atoms with Crippen LogP contribution < -0.4 is 5.32 Å². The van der Waals surface area contributed by atoms with Crippen LogP contribution in [-0.4, -0.2) is 26.8 Å². The molecule has 0 fully saturated rings. The molecule has 3 rings (SSSR count). The minimum absolute atomic E-state index is 0.000582. The topological polar surface area (TPSA) is 111 Å². The first-order valence-corrected chi connectivity index (χ1v) is 9.13. The van der Waals surface area contributed by atoms with Crippen LogP contribution in [0.15, 0.2) is 52.1 Å². The van der Waals surface area contributed by atoms with E-state index in [2.05, 4.69) is 15.5 Å². The van der Waals surface area contributed by atoms with Gasteiger partial charge in [0, 0.05) is 17.7 Å². The number of rotatable bonds is 6. The number of hydrogen-bond acceptors (Lipinski definition) is 7. The highest BCUT2D eigenvalue weighted by Crippen LogP contribution is 2.30. The van der Waals surface area contributed by atoms with E-state index < -0.39 is 4.92 Å². The van der Waals surface area contributed by atoms with Gasteiger partial charge in [-0.25, -0.2) is 0 Å². The molecule has 3 aromatic rings. The number of carbonyl (C=O) groups is 1. The maximum absolute atomic E-state index is 12.0. The molecular weight excluding hydrogens is 415 g/mol. The molecule has 2 aromatic carbocycles. The molecule has 0 spiro atoms. The number of amides is 1. The quantitative estimate of drug-likeness (QED) is 0.347. The van der Waals surface area contributed by atoms with E-state index in [1.54, 1.807) is 24.3 Å². The van der Waals surface area contributed by atoms with Crippen molar-refractivity contribution in [1.82, 2.24) is 10.2 Å². The van der Waals surface area contributed by atoms with Gasteiger partial charge in [0.15, 0.2) is 0 Å². The lowest BCUT2D eigenvalue weighted by atomic mass is 10.2. The van der Waals surface area contributed by atoms with Crippen molar-refractivity contribution in [2.24, 2.45) is 0 Å². The molecule has 1 aromatic heterocycles. The number of non-ortho nitro benzene ring substituents is 1. The molecule has 0 atom stereocenters. The second kappa shape index (κ2) is 8.38. The van der Waals surface area contributed by atoms with Crippen LogP contribution in [0.2, 0.25) is 10.0 Å². The van der Waals surface area contributed by atoms with Gasteiger partial charge in [-0.1, -0.05) is 47.1 Å². The van der Waals surface area contributed by atoms with Gasteiger partial charge in [0.2, 0.25) is 11.8 Å². The Hall–Kier alpha value is -2.62. The van der Waals surface area contributed by atoms with Crippen molar-refractivity contribution >= 4 is 52.2 Å². The Kier molecular flexibility index (Phi) is 5.94. The minimum Gasteiger partial charge on any atom is -0.411 e. The lowest BCUT2D eigenvalue weighted by Crippen LogP contribution is -2.14. The Morgan fingerprint density at radius 2 is 2.00 bits per heavy atom. The number of thioether (sulfide) groups is 1. The highest BCUT2D eigenvalue weighted by Gasteiger charge is 2.15. The summed E-state index contributed by atoms with van der Waals surface area (Å²) in [5.74, 6) is -0.210. The summed E-state index contributed by atoms with van der Waals surface area (Å²) < 4.78 is 5.44. The van der Waals surface area contributed by atoms with Crippen molar-refractivity contribution in [1.29, 1.82) is 0 Å². The molecule has 1 heterocycles. The Morgan fingerprint density at radius 3 is 2.78 bits per heavy atom. The molecule has 0 saturated carbocycles. The van der Waals surface area contributed by atoms with Gasteiger partial charge in [0.1, 0.15) is 0 Å². The number of benzene rings is 2. The van der Waals surface area contributed by atoms with Crippen molar-refractivity contribution in [3.63, 3.8) is 0 Å². The molecule has 1 amide bonds. The summed E-state index contributed by atoms with van der Waals surface area (Å²) in [5.41, 5.74) is 0.731. The van der Waals surface area contributed by atoms with Gasteiger partial charge in [-0.05, 0) is 18.2 Å². The van der Waals surface area contributed by atoms with Gasteiger partial charge in [-0.3, -0.25) is 14.9 Å². The second-order valence-corrected chi connectivity index (χ2v) is 6.83. The largest absolute Gasteiger partial charge is 0.411 e. The normalized spacial score (nSPS) is 10.6. The Morgan fingerprint density at radius 1 is 1.22 bits per heavy atom. The Balaban J connectivity index is 1.63. The molecule has 0 aliphatic carbocycles. The van der Waals surface area contributed by atoms with Gasteiger partial charge >= 0.3 is 0 Å². The predicted molar refractivity (Wildman–Crippen MR) is 102 cm³/mol. The van der Waals surface area contributed by atoms with E-state index in [0.29, 0.717) is 16.3 Å². The molecule has 138 valence electrons. The Bertz CT molecular complexity index is 1010. The van der Waals surface area contributed by atoms with Crippen molar-refractivity contribution in [3.8, 4) is 11.5 Å².